The summed E-state index contributed by atoms with van der Waals surface area (Å²) in [7, 11) is 0. The fourth-order valence-corrected chi connectivity index (χ4v) is 2.40. The minimum Gasteiger partial charge on any atom is -0.369 e. The van der Waals surface area contributed by atoms with Gasteiger partial charge in [0.25, 0.3) is 0 Å². The second-order valence-electron chi connectivity index (χ2n) is 5.02. The summed E-state index contributed by atoms with van der Waals surface area (Å²) in [4.78, 5) is 2.06. The van der Waals surface area contributed by atoms with Gasteiger partial charge in [-0.3, -0.25) is 0 Å². The van der Waals surface area contributed by atoms with Crippen molar-refractivity contribution >= 4 is 5.69 Å². The van der Waals surface area contributed by atoms with Crippen molar-refractivity contribution in [2.45, 2.75) is 26.3 Å². The molecule has 1 aromatic carbocycles. The predicted molar refractivity (Wildman–Crippen MR) is 69.8 cm³/mol. The molecule has 0 radical (unpaired) electrons. The van der Waals surface area contributed by atoms with Crippen LogP contribution in [0.2, 0.25) is 0 Å². The Balaban J connectivity index is 2.12. The van der Waals surface area contributed by atoms with Crippen molar-refractivity contribution in [2.75, 3.05) is 24.5 Å². The molecule has 0 spiro atoms. The number of rotatable bonds is 3. The summed E-state index contributed by atoms with van der Waals surface area (Å²) in [6.07, 6.45) is 1.10. The van der Waals surface area contributed by atoms with Crippen LogP contribution >= 0.6 is 0 Å². The van der Waals surface area contributed by atoms with Crippen molar-refractivity contribution in [3.05, 3.63) is 29.8 Å². The van der Waals surface area contributed by atoms with Gasteiger partial charge in [0.1, 0.15) is 11.6 Å². The Morgan fingerprint density at radius 2 is 2.00 bits per heavy atom. The van der Waals surface area contributed by atoms with Crippen LogP contribution in [0.3, 0.4) is 0 Å². The molecule has 2 atom stereocenters. The van der Waals surface area contributed by atoms with Crippen molar-refractivity contribution in [1.29, 1.82) is 0 Å². The van der Waals surface area contributed by atoms with E-state index >= 15 is 0 Å². The lowest BCUT2D eigenvalue weighted by Crippen LogP contribution is -2.53. The third-order valence-corrected chi connectivity index (χ3v) is 3.75. The molecule has 1 saturated heterocycles. The molecule has 2 rings (SSSR count). The van der Waals surface area contributed by atoms with E-state index in [0.29, 0.717) is 17.6 Å². The lowest BCUT2D eigenvalue weighted by molar-refractivity contribution is 0.341. The summed E-state index contributed by atoms with van der Waals surface area (Å²) in [6, 6.07) is 4.11. The van der Waals surface area contributed by atoms with Crippen LogP contribution in [0.1, 0.15) is 20.3 Å². The first-order valence-electron chi connectivity index (χ1n) is 6.54. The summed E-state index contributed by atoms with van der Waals surface area (Å²) >= 11 is 0. The van der Waals surface area contributed by atoms with E-state index in [1.165, 1.54) is 12.1 Å². The van der Waals surface area contributed by atoms with Crippen LogP contribution in [-0.2, 0) is 0 Å². The van der Waals surface area contributed by atoms with Gasteiger partial charge in [0, 0.05) is 37.4 Å². The second kappa shape index (κ2) is 5.65. The van der Waals surface area contributed by atoms with Gasteiger partial charge in [0.05, 0.1) is 0 Å². The Labute approximate surface area is 107 Å². The Bertz CT molecular complexity index is 389. The van der Waals surface area contributed by atoms with E-state index in [1.807, 2.05) is 0 Å². The van der Waals surface area contributed by atoms with E-state index in [0.717, 1.165) is 32.1 Å². The molecule has 0 amide bonds. The number of anilines is 1. The maximum Gasteiger partial charge on any atom is 0.128 e. The van der Waals surface area contributed by atoms with Crippen LogP contribution in [0.25, 0.3) is 0 Å². The van der Waals surface area contributed by atoms with Gasteiger partial charge in [-0.2, -0.15) is 0 Å². The molecule has 1 aromatic rings. The zero-order chi connectivity index (χ0) is 13.1. The molecule has 0 bridgehead atoms. The molecule has 100 valence electrons. The molecule has 1 N–H and O–H groups in total. The van der Waals surface area contributed by atoms with E-state index in [2.05, 4.69) is 24.1 Å². The van der Waals surface area contributed by atoms with Crippen LogP contribution in [0.4, 0.5) is 14.5 Å². The van der Waals surface area contributed by atoms with E-state index in [1.54, 1.807) is 0 Å². The van der Waals surface area contributed by atoms with E-state index < -0.39 is 11.6 Å². The van der Waals surface area contributed by atoms with Crippen LogP contribution in [0.5, 0.6) is 0 Å². The third kappa shape index (κ3) is 2.99. The van der Waals surface area contributed by atoms with Gasteiger partial charge in [-0.1, -0.05) is 20.3 Å². The SMILES string of the molecule is CCC(C)C1CN(c2cc(F)cc(F)c2)CCN1. The molecule has 1 heterocycles. The zero-order valence-corrected chi connectivity index (χ0v) is 10.9. The fourth-order valence-electron chi connectivity index (χ4n) is 2.40. The number of benzene rings is 1. The highest BCUT2D eigenvalue weighted by molar-refractivity contribution is 5.47. The smallest absolute Gasteiger partial charge is 0.128 e. The molecule has 0 aliphatic carbocycles. The van der Waals surface area contributed by atoms with Gasteiger partial charge in [-0.05, 0) is 18.1 Å². The number of hydrogen-bond donors (Lipinski definition) is 1. The minimum absolute atomic E-state index is 0.384. The number of nitrogens with one attached hydrogen (secondary N) is 1. The summed E-state index contributed by atoms with van der Waals surface area (Å²) in [5, 5.41) is 3.47. The first-order chi connectivity index (χ1) is 8.60. The second-order valence-corrected chi connectivity index (χ2v) is 5.02. The van der Waals surface area contributed by atoms with E-state index in [-0.39, 0.29) is 0 Å². The van der Waals surface area contributed by atoms with Crippen molar-refractivity contribution in [3.63, 3.8) is 0 Å². The Morgan fingerprint density at radius 1 is 1.33 bits per heavy atom. The predicted octanol–water partition coefficient (Wildman–Crippen LogP) is 2.79. The third-order valence-electron chi connectivity index (χ3n) is 3.75. The maximum atomic E-state index is 13.2. The highest BCUT2D eigenvalue weighted by atomic mass is 19.1. The molecule has 1 fully saturated rings. The van der Waals surface area contributed by atoms with Gasteiger partial charge in [0.15, 0.2) is 0 Å². The van der Waals surface area contributed by atoms with Gasteiger partial charge < -0.3 is 10.2 Å². The Kier molecular flexibility index (Phi) is 4.17. The van der Waals surface area contributed by atoms with Crippen LogP contribution < -0.4 is 10.2 Å². The van der Waals surface area contributed by atoms with Crippen molar-refractivity contribution in [2.24, 2.45) is 5.92 Å². The van der Waals surface area contributed by atoms with Crippen LogP contribution in [0, 0.1) is 17.6 Å². The zero-order valence-electron chi connectivity index (χ0n) is 10.9. The first-order valence-corrected chi connectivity index (χ1v) is 6.54. The molecule has 18 heavy (non-hydrogen) atoms. The van der Waals surface area contributed by atoms with Crippen molar-refractivity contribution < 1.29 is 8.78 Å². The Hall–Kier alpha value is -1.16. The van der Waals surface area contributed by atoms with Gasteiger partial charge in [0.2, 0.25) is 0 Å². The van der Waals surface area contributed by atoms with Gasteiger partial charge in [-0.25, -0.2) is 8.78 Å². The molecule has 4 heteroatoms. The summed E-state index contributed by atoms with van der Waals surface area (Å²) < 4.78 is 26.4. The first kappa shape index (κ1) is 13.3. The van der Waals surface area contributed by atoms with Gasteiger partial charge in [-0.15, -0.1) is 0 Å². The fraction of sp³-hybridized carbons (Fsp3) is 0.571. The van der Waals surface area contributed by atoms with Crippen LogP contribution in [0.15, 0.2) is 18.2 Å². The van der Waals surface area contributed by atoms with Crippen molar-refractivity contribution in [1.82, 2.24) is 5.32 Å². The largest absolute Gasteiger partial charge is 0.369 e. The monoisotopic (exact) mass is 254 g/mol. The quantitative estimate of drug-likeness (QED) is 0.892. The molecule has 1 aliphatic heterocycles. The summed E-state index contributed by atoms with van der Waals surface area (Å²) in [5.41, 5.74) is 0.641. The molecule has 0 aromatic heterocycles. The molecule has 2 unspecified atom stereocenters. The average molecular weight is 254 g/mol. The summed E-state index contributed by atoms with van der Waals surface area (Å²) in [6.45, 7) is 6.81. The van der Waals surface area contributed by atoms with E-state index in [4.69, 9.17) is 0 Å². The molecular formula is C14H20F2N2. The number of piperazine rings is 1. The molecule has 0 saturated carbocycles. The molecule has 2 nitrogen and oxygen atoms in total. The Morgan fingerprint density at radius 3 is 2.61 bits per heavy atom. The normalized spacial score (nSPS) is 22.0. The lowest BCUT2D eigenvalue weighted by atomic mass is 9.97. The highest BCUT2D eigenvalue weighted by Crippen LogP contribution is 2.21. The molecule has 1 aliphatic rings. The summed E-state index contributed by atoms with van der Waals surface area (Å²) in [5.74, 6) is -0.460. The van der Waals surface area contributed by atoms with Gasteiger partial charge >= 0.3 is 0 Å². The minimum atomic E-state index is -0.511. The standard InChI is InChI=1S/C14H20F2N2/c1-3-10(2)14-9-18(5-4-17-14)13-7-11(15)6-12(16)8-13/h6-8,10,14,17H,3-5,9H2,1-2H3. The maximum absolute atomic E-state index is 13.2. The number of nitrogens with zero attached hydrogens (tertiary/aromatic N) is 1. The average Bonchev–Trinajstić information content (AvgIpc) is 2.37. The number of hydrogen-bond acceptors (Lipinski definition) is 2. The van der Waals surface area contributed by atoms with Crippen molar-refractivity contribution in [3.8, 4) is 0 Å². The van der Waals surface area contributed by atoms with Crippen LogP contribution in [-0.4, -0.2) is 25.7 Å². The topological polar surface area (TPSA) is 15.3 Å². The lowest BCUT2D eigenvalue weighted by Gasteiger charge is -2.38. The molecular weight excluding hydrogens is 234 g/mol. The highest BCUT2D eigenvalue weighted by Gasteiger charge is 2.23. The number of halogens is 2. The van der Waals surface area contributed by atoms with E-state index in [9.17, 15) is 8.78 Å².